The first-order valence-corrected chi connectivity index (χ1v) is 8.56. The molecule has 0 spiro atoms. The van der Waals surface area contributed by atoms with Gasteiger partial charge in [-0.2, -0.15) is 0 Å². The molecule has 0 bridgehead atoms. The number of carbonyl (C=O) groups excluding carboxylic acids is 4. The monoisotopic (exact) mass is 400 g/mol. The predicted molar refractivity (Wildman–Crippen MR) is 104 cm³/mol. The zero-order valence-corrected chi connectivity index (χ0v) is 16.1. The van der Waals surface area contributed by atoms with Crippen LogP contribution in [0.1, 0.15) is 27.6 Å². The average molecular weight is 400 g/mol. The highest BCUT2D eigenvalue weighted by Gasteiger charge is 2.21. The van der Waals surface area contributed by atoms with Crippen molar-refractivity contribution in [3.05, 3.63) is 53.6 Å². The molecule has 0 fully saturated rings. The van der Waals surface area contributed by atoms with Crippen LogP contribution in [-0.4, -0.2) is 44.6 Å². The lowest BCUT2D eigenvalue weighted by molar-refractivity contribution is -0.133. The summed E-state index contributed by atoms with van der Waals surface area (Å²) in [7, 11) is 2.36. The molecule has 0 saturated carbocycles. The Bertz CT molecular complexity index is 940. The number of methoxy groups -OCH3 is 2. The molecule has 0 aliphatic heterocycles. The van der Waals surface area contributed by atoms with Crippen LogP contribution >= 0.6 is 0 Å². The van der Waals surface area contributed by atoms with Crippen LogP contribution in [0.2, 0.25) is 0 Å². The largest absolute Gasteiger partial charge is 0.492 e. The van der Waals surface area contributed by atoms with Gasteiger partial charge in [-0.05, 0) is 37.3 Å². The summed E-state index contributed by atoms with van der Waals surface area (Å²) >= 11 is 0. The van der Waals surface area contributed by atoms with Crippen LogP contribution in [0.25, 0.3) is 0 Å². The number of carbonyl (C=O) groups is 4. The second-order valence-corrected chi connectivity index (χ2v) is 5.58. The molecule has 29 heavy (non-hydrogen) atoms. The summed E-state index contributed by atoms with van der Waals surface area (Å²) in [5.74, 6) is -3.06. The first-order chi connectivity index (χ1) is 13.9. The topological polar surface area (TPSA) is 120 Å². The zero-order chi connectivity index (χ0) is 21.4. The van der Waals surface area contributed by atoms with E-state index in [0.29, 0.717) is 18.0 Å². The van der Waals surface area contributed by atoms with Gasteiger partial charge in [-0.1, -0.05) is 12.1 Å². The fraction of sp³-hybridized carbons (Fsp3) is 0.200. The number of anilines is 2. The van der Waals surface area contributed by atoms with Gasteiger partial charge in [0.25, 0.3) is 0 Å². The number of para-hydroxylation sites is 2. The van der Waals surface area contributed by atoms with Crippen LogP contribution in [0.3, 0.4) is 0 Å². The standard InChI is InChI=1S/C20H20N2O7/c1-4-29-16-8-6-5-7-14(16)21-17(23)18(24)22-15-11-12(19(25)27-2)9-10-13(15)20(26)28-3/h5-11H,4H2,1-3H3,(H,21,23)(H,22,24). The number of benzene rings is 2. The molecule has 9 heteroatoms. The van der Waals surface area contributed by atoms with E-state index in [1.165, 1.54) is 32.4 Å². The summed E-state index contributed by atoms with van der Waals surface area (Å²) in [5, 5.41) is 4.76. The van der Waals surface area contributed by atoms with Gasteiger partial charge in [0.15, 0.2) is 0 Å². The summed E-state index contributed by atoms with van der Waals surface area (Å²) in [6.07, 6.45) is 0. The van der Waals surface area contributed by atoms with Gasteiger partial charge in [0, 0.05) is 0 Å². The van der Waals surface area contributed by atoms with Crippen molar-refractivity contribution in [3.8, 4) is 5.75 Å². The Kier molecular flexibility index (Phi) is 7.30. The summed E-state index contributed by atoms with van der Waals surface area (Å²) < 4.78 is 14.7. The molecule has 2 amide bonds. The van der Waals surface area contributed by atoms with E-state index in [1.807, 2.05) is 0 Å². The minimum atomic E-state index is -1.05. The van der Waals surface area contributed by atoms with E-state index in [0.717, 1.165) is 0 Å². The fourth-order valence-corrected chi connectivity index (χ4v) is 2.39. The maximum atomic E-state index is 12.4. The number of hydrogen-bond acceptors (Lipinski definition) is 7. The third-order valence-corrected chi connectivity index (χ3v) is 3.74. The summed E-state index contributed by atoms with van der Waals surface area (Å²) in [6.45, 7) is 2.16. The minimum absolute atomic E-state index is 0.0315. The molecule has 0 atom stereocenters. The molecule has 2 N–H and O–H groups in total. The number of ether oxygens (including phenoxy) is 3. The maximum Gasteiger partial charge on any atom is 0.339 e. The van der Waals surface area contributed by atoms with Gasteiger partial charge in [-0.3, -0.25) is 9.59 Å². The van der Waals surface area contributed by atoms with E-state index in [2.05, 4.69) is 20.1 Å². The summed E-state index contributed by atoms with van der Waals surface area (Å²) in [4.78, 5) is 48.3. The minimum Gasteiger partial charge on any atom is -0.492 e. The normalized spacial score (nSPS) is 9.90. The van der Waals surface area contributed by atoms with E-state index in [4.69, 9.17) is 4.74 Å². The van der Waals surface area contributed by atoms with E-state index < -0.39 is 23.8 Å². The Morgan fingerprint density at radius 3 is 2.07 bits per heavy atom. The van der Waals surface area contributed by atoms with Gasteiger partial charge in [0.05, 0.1) is 43.3 Å². The zero-order valence-electron chi connectivity index (χ0n) is 16.1. The highest BCUT2D eigenvalue weighted by Crippen LogP contribution is 2.24. The average Bonchev–Trinajstić information content (AvgIpc) is 2.74. The molecule has 0 aliphatic rings. The van der Waals surface area contributed by atoms with Crippen LogP contribution in [0.5, 0.6) is 5.75 Å². The molecule has 0 aromatic heterocycles. The smallest absolute Gasteiger partial charge is 0.339 e. The molecule has 2 aromatic carbocycles. The number of amides is 2. The lowest BCUT2D eigenvalue weighted by Gasteiger charge is -2.13. The van der Waals surface area contributed by atoms with Crippen LogP contribution in [0.4, 0.5) is 11.4 Å². The quantitative estimate of drug-likeness (QED) is 0.563. The Labute approximate surface area is 166 Å². The Morgan fingerprint density at radius 1 is 0.828 bits per heavy atom. The molecular formula is C20H20N2O7. The number of rotatable bonds is 6. The number of esters is 2. The van der Waals surface area contributed by atoms with E-state index in [-0.39, 0.29) is 16.8 Å². The molecule has 0 heterocycles. The summed E-state index contributed by atoms with van der Waals surface area (Å²) in [5.41, 5.74) is 0.289. The van der Waals surface area contributed by atoms with Crippen molar-refractivity contribution in [3.63, 3.8) is 0 Å². The predicted octanol–water partition coefficient (Wildman–Crippen LogP) is 2.24. The molecule has 9 nitrogen and oxygen atoms in total. The van der Waals surface area contributed by atoms with Gasteiger partial charge in [-0.25, -0.2) is 9.59 Å². The van der Waals surface area contributed by atoms with Gasteiger partial charge in [0.1, 0.15) is 5.75 Å². The van der Waals surface area contributed by atoms with Crippen LogP contribution in [-0.2, 0) is 19.1 Å². The SMILES string of the molecule is CCOc1ccccc1NC(=O)C(=O)Nc1cc(C(=O)OC)ccc1C(=O)OC. The van der Waals surface area contributed by atoms with Crippen LogP contribution < -0.4 is 15.4 Å². The van der Waals surface area contributed by atoms with Gasteiger partial charge in [0.2, 0.25) is 0 Å². The van der Waals surface area contributed by atoms with Crippen molar-refractivity contribution in [2.24, 2.45) is 0 Å². The molecule has 0 unspecified atom stereocenters. The van der Waals surface area contributed by atoms with E-state index in [1.54, 1.807) is 31.2 Å². The third kappa shape index (κ3) is 5.32. The highest BCUT2D eigenvalue weighted by molar-refractivity contribution is 6.44. The van der Waals surface area contributed by atoms with Crippen molar-refractivity contribution < 1.29 is 33.4 Å². The molecular weight excluding hydrogens is 380 g/mol. The van der Waals surface area contributed by atoms with Crippen molar-refractivity contribution in [1.29, 1.82) is 0 Å². The fourth-order valence-electron chi connectivity index (χ4n) is 2.39. The summed E-state index contributed by atoms with van der Waals surface area (Å²) in [6, 6.07) is 10.5. The number of nitrogens with one attached hydrogen (secondary N) is 2. The van der Waals surface area contributed by atoms with Crippen molar-refractivity contribution in [1.82, 2.24) is 0 Å². The van der Waals surface area contributed by atoms with Crippen molar-refractivity contribution >= 4 is 35.1 Å². The molecule has 0 aliphatic carbocycles. The molecule has 2 rings (SSSR count). The Hall–Kier alpha value is -3.88. The van der Waals surface area contributed by atoms with Crippen LogP contribution in [0.15, 0.2) is 42.5 Å². The first-order valence-electron chi connectivity index (χ1n) is 8.56. The molecule has 0 saturated heterocycles. The van der Waals surface area contributed by atoms with Crippen molar-refractivity contribution in [2.45, 2.75) is 6.92 Å². The highest BCUT2D eigenvalue weighted by atomic mass is 16.5. The van der Waals surface area contributed by atoms with E-state index >= 15 is 0 Å². The van der Waals surface area contributed by atoms with Gasteiger partial charge < -0.3 is 24.8 Å². The molecule has 2 aromatic rings. The number of hydrogen-bond donors (Lipinski definition) is 2. The third-order valence-electron chi connectivity index (χ3n) is 3.74. The van der Waals surface area contributed by atoms with Gasteiger partial charge >= 0.3 is 23.8 Å². The first kappa shape index (κ1) is 21.4. The molecule has 0 radical (unpaired) electrons. The maximum absolute atomic E-state index is 12.4. The Morgan fingerprint density at radius 2 is 1.45 bits per heavy atom. The molecule has 152 valence electrons. The van der Waals surface area contributed by atoms with Gasteiger partial charge in [-0.15, -0.1) is 0 Å². The van der Waals surface area contributed by atoms with Crippen molar-refractivity contribution in [2.75, 3.05) is 31.5 Å². The van der Waals surface area contributed by atoms with Crippen LogP contribution in [0, 0.1) is 0 Å². The lowest BCUT2D eigenvalue weighted by atomic mass is 10.1. The second kappa shape index (κ2) is 9.88. The second-order valence-electron chi connectivity index (χ2n) is 5.58. The van der Waals surface area contributed by atoms with E-state index in [9.17, 15) is 19.2 Å². The lowest BCUT2D eigenvalue weighted by Crippen LogP contribution is -2.30. The Balaban J connectivity index is 2.25.